The first-order chi connectivity index (χ1) is 19.4. The SMILES string of the molecule is CC(C)(C)c1nc(C(=O)NCc2ccc(-c3nccn4nccc34)cc2CCC(C)(C)c2nc(C(=O)O)no2)no1. The van der Waals surface area contributed by atoms with Gasteiger partial charge in [-0.15, -0.1) is 0 Å². The van der Waals surface area contributed by atoms with E-state index in [1.807, 2.05) is 58.9 Å². The Bertz CT molecular complexity index is 1730. The molecule has 0 saturated carbocycles. The summed E-state index contributed by atoms with van der Waals surface area (Å²) in [5, 5.41) is 23.8. The Morgan fingerprint density at radius 1 is 0.951 bits per heavy atom. The summed E-state index contributed by atoms with van der Waals surface area (Å²) in [6.45, 7) is 9.82. The number of nitrogens with zero attached hydrogens (tertiary/aromatic N) is 7. The second-order valence-electron chi connectivity index (χ2n) is 11.4. The third kappa shape index (κ3) is 5.83. The van der Waals surface area contributed by atoms with Gasteiger partial charge in [0.05, 0.1) is 17.4 Å². The fourth-order valence-corrected chi connectivity index (χ4v) is 4.27. The predicted octanol–water partition coefficient (Wildman–Crippen LogP) is 4.00. The average Bonchev–Trinajstić information content (AvgIpc) is 3.71. The standard InChI is InChI=1S/C28H30N8O5/c1-27(2,3)25-32-21(34-40-25)23(37)30-15-18-7-6-17(20-19-9-11-31-36(19)13-12-29-20)14-16(18)8-10-28(4,5)26-33-22(24(38)39)35-41-26/h6-7,9,11-14H,8,10,15H2,1-5H3,(H,30,37)(H,38,39). The van der Waals surface area contributed by atoms with E-state index in [-0.39, 0.29) is 29.5 Å². The summed E-state index contributed by atoms with van der Waals surface area (Å²) in [5.41, 5.74) is 3.37. The Kier molecular flexibility index (Phi) is 7.11. The number of carboxylic acids is 1. The number of carbonyl (C=O) groups is 2. The van der Waals surface area contributed by atoms with E-state index >= 15 is 0 Å². The number of amides is 1. The van der Waals surface area contributed by atoms with Crippen LogP contribution in [-0.2, 0) is 23.8 Å². The maximum atomic E-state index is 12.8. The number of aromatic carboxylic acids is 1. The van der Waals surface area contributed by atoms with Gasteiger partial charge in [0.15, 0.2) is 0 Å². The molecule has 0 aliphatic carbocycles. The minimum Gasteiger partial charge on any atom is -0.475 e. The molecule has 0 fully saturated rings. The van der Waals surface area contributed by atoms with Gasteiger partial charge in [-0.2, -0.15) is 15.1 Å². The van der Waals surface area contributed by atoms with Crippen LogP contribution in [0.1, 0.15) is 85.2 Å². The number of hydrogen-bond donors (Lipinski definition) is 2. The van der Waals surface area contributed by atoms with Crippen LogP contribution in [0.2, 0.25) is 0 Å². The van der Waals surface area contributed by atoms with E-state index in [0.29, 0.717) is 18.7 Å². The van der Waals surface area contributed by atoms with Crippen LogP contribution < -0.4 is 5.32 Å². The van der Waals surface area contributed by atoms with E-state index in [0.717, 1.165) is 27.9 Å². The van der Waals surface area contributed by atoms with Crippen molar-refractivity contribution in [3.63, 3.8) is 0 Å². The molecule has 5 aromatic rings. The summed E-state index contributed by atoms with van der Waals surface area (Å²) < 4.78 is 12.3. The van der Waals surface area contributed by atoms with Crippen LogP contribution in [0.25, 0.3) is 16.8 Å². The molecular formula is C28H30N8O5. The van der Waals surface area contributed by atoms with Gasteiger partial charge in [-0.05, 0) is 41.3 Å². The number of aromatic nitrogens is 7. The lowest BCUT2D eigenvalue weighted by Gasteiger charge is -2.21. The normalized spacial score (nSPS) is 12.1. The Morgan fingerprint density at radius 2 is 1.68 bits per heavy atom. The highest BCUT2D eigenvalue weighted by Crippen LogP contribution is 2.31. The first kappa shape index (κ1) is 27.6. The largest absolute Gasteiger partial charge is 0.475 e. The monoisotopic (exact) mass is 558 g/mol. The second kappa shape index (κ2) is 10.6. The highest BCUT2D eigenvalue weighted by molar-refractivity contribution is 5.90. The van der Waals surface area contributed by atoms with E-state index in [2.05, 4.69) is 35.7 Å². The summed E-state index contributed by atoms with van der Waals surface area (Å²) in [6.07, 6.45) is 6.31. The molecule has 0 saturated heterocycles. The highest BCUT2D eigenvalue weighted by atomic mass is 16.5. The molecule has 0 radical (unpaired) electrons. The quantitative estimate of drug-likeness (QED) is 0.267. The number of hydrogen-bond acceptors (Lipinski definition) is 10. The molecule has 1 aromatic carbocycles. The zero-order chi connectivity index (χ0) is 29.4. The third-order valence-corrected chi connectivity index (χ3v) is 6.73. The van der Waals surface area contributed by atoms with Crippen molar-refractivity contribution < 1.29 is 23.7 Å². The summed E-state index contributed by atoms with van der Waals surface area (Å²) >= 11 is 0. The lowest BCUT2D eigenvalue weighted by Crippen LogP contribution is -2.25. The molecule has 13 heteroatoms. The molecule has 1 amide bonds. The van der Waals surface area contributed by atoms with Crippen LogP contribution >= 0.6 is 0 Å². The number of benzene rings is 1. The summed E-state index contributed by atoms with van der Waals surface area (Å²) in [4.78, 5) is 37.0. The molecule has 4 heterocycles. The highest BCUT2D eigenvalue weighted by Gasteiger charge is 2.29. The molecule has 2 N–H and O–H groups in total. The number of aryl methyl sites for hydroxylation is 1. The Labute approximate surface area is 235 Å². The molecule has 212 valence electrons. The molecule has 0 atom stereocenters. The number of carbonyl (C=O) groups excluding carboxylic acids is 1. The minimum atomic E-state index is -1.25. The smallest absolute Gasteiger partial charge is 0.377 e. The Hall–Kier alpha value is -4.94. The maximum Gasteiger partial charge on any atom is 0.377 e. The van der Waals surface area contributed by atoms with E-state index < -0.39 is 17.3 Å². The van der Waals surface area contributed by atoms with Crippen molar-refractivity contribution in [2.45, 2.75) is 64.8 Å². The van der Waals surface area contributed by atoms with E-state index in [9.17, 15) is 14.7 Å². The topological polar surface area (TPSA) is 174 Å². The van der Waals surface area contributed by atoms with Crippen LogP contribution in [0.5, 0.6) is 0 Å². The van der Waals surface area contributed by atoms with Crippen LogP contribution in [0, 0.1) is 0 Å². The van der Waals surface area contributed by atoms with E-state index in [4.69, 9.17) is 9.05 Å². The van der Waals surface area contributed by atoms with Gasteiger partial charge in [-0.25, -0.2) is 9.31 Å². The Morgan fingerprint density at radius 3 is 2.39 bits per heavy atom. The van der Waals surface area contributed by atoms with Gasteiger partial charge in [-0.1, -0.05) is 51.9 Å². The van der Waals surface area contributed by atoms with Gasteiger partial charge in [0.25, 0.3) is 17.6 Å². The molecule has 0 bridgehead atoms. The van der Waals surface area contributed by atoms with Gasteiger partial charge in [0.1, 0.15) is 0 Å². The molecule has 41 heavy (non-hydrogen) atoms. The zero-order valence-electron chi connectivity index (χ0n) is 23.4. The predicted molar refractivity (Wildman–Crippen MR) is 145 cm³/mol. The van der Waals surface area contributed by atoms with Gasteiger partial charge in [-0.3, -0.25) is 9.78 Å². The van der Waals surface area contributed by atoms with Gasteiger partial charge >= 0.3 is 5.97 Å². The van der Waals surface area contributed by atoms with Crippen LogP contribution in [0.3, 0.4) is 0 Å². The molecule has 0 aliphatic rings. The molecule has 5 rings (SSSR count). The first-order valence-corrected chi connectivity index (χ1v) is 13.0. The minimum absolute atomic E-state index is 0.0310. The van der Waals surface area contributed by atoms with Crippen LogP contribution in [0.15, 0.2) is 51.9 Å². The average molecular weight is 559 g/mol. The van der Waals surface area contributed by atoms with Crippen molar-refractivity contribution in [1.82, 2.24) is 40.2 Å². The van der Waals surface area contributed by atoms with Gasteiger partial charge in [0.2, 0.25) is 11.8 Å². The maximum absolute atomic E-state index is 12.8. The van der Waals surface area contributed by atoms with Crippen molar-refractivity contribution >= 4 is 17.4 Å². The van der Waals surface area contributed by atoms with Crippen molar-refractivity contribution in [1.29, 1.82) is 0 Å². The second-order valence-corrected chi connectivity index (χ2v) is 11.4. The number of fused-ring (bicyclic) bond motifs is 1. The Balaban J connectivity index is 1.42. The van der Waals surface area contributed by atoms with Crippen LogP contribution in [-0.4, -0.2) is 51.9 Å². The molecule has 0 unspecified atom stereocenters. The summed E-state index contributed by atoms with van der Waals surface area (Å²) in [5.74, 6) is -1.50. The molecule has 13 nitrogen and oxygen atoms in total. The molecule has 0 spiro atoms. The lowest BCUT2D eigenvalue weighted by atomic mass is 9.84. The lowest BCUT2D eigenvalue weighted by molar-refractivity contribution is 0.0679. The molecule has 4 aromatic heterocycles. The summed E-state index contributed by atoms with van der Waals surface area (Å²) in [7, 11) is 0. The fraction of sp³-hybridized carbons (Fsp3) is 0.357. The van der Waals surface area contributed by atoms with Crippen molar-refractivity contribution in [2.75, 3.05) is 0 Å². The van der Waals surface area contributed by atoms with E-state index in [1.165, 1.54) is 0 Å². The number of rotatable bonds is 9. The molecular weight excluding hydrogens is 528 g/mol. The first-order valence-electron chi connectivity index (χ1n) is 13.0. The van der Waals surface area contributed by atoms with Crippen molar-refractivity contribution in [3.05, 3.63) is 77.4 Å². The summed E-state index contributed by atoms with van der Waals surface area (Å²) in [6, 6.07) is 7.83. The van der Waals surface area contributed by atoms with Crippen molar-refractivity contribution in [3.8, 4) is 11.3 Å². The number of carboxylic acid groups (broad SMARTS) is 1. The number of nitrogens with one attached hydrogen (secondary N) is 1. The zero-order valence-corrected chi connectivity index (χ0v) is 23.4. The van der Waals surface area contributed by atoms with Gasteiger partial charge < -0.3 is 19.5 Å². The fourth-order valence-electron chi connectivity index (χ4n) is 4.27. The molecule has 0 aliphatic heterocycles. The van der Waals surface area contributed by atoms with Gasteiger partial charge in [0, 0.05) is 35.3 Å². The van der Waals surface area contributed by atoms with Crippen molar-refractivity contribution in [2.24, 2.45) is 0 Å². The van der Waals surface area contributed by atoms with E-state index in [1.54, 1.807) is 23.1 Å². The third-order valence-electron chi connectivity index (χ3n) is 6.73. The van der Waals surface area contributed by atoms with Crippen LogP contribution in [0.4, 0.5) is 0 Å².